The first-order chi connectivity index (χ1) is 8.08. The molecule has 0 fully saturated rings. The third-order valence-electron chi connectivity index (χ3n) is 2.48. The van der Waals surface area contributed by atoms with Crippen molar-refractivity contribution in [1.82, 2.24) is 9.97 Å². The van der Waals surface area contributed by atoms with Crippen LogP contribution in [0.4, 0.5) is 11.8 Å². The lowest BCUT2D eigenvalue weighted by Gasteiger charge is -2.19. The number of halogens is 1. The smallest absolute Gasteiger partial charge is 0.222 e. The minimum atomic E-state index is 0.263. The molecule has 0 aliphatic heterocycles. The van der Waals surface area contributed by atoms with Crippen LogP contribution < -0.4 is 10.6 Å². The van der Waals surface area contributed by atoms with Gasteiger partial charge in [-0.05, 0) is 28.9 Å². The first-order valence-corrected chi connectivity index (χ1v) is 5.89. The van der Waals surface area contributed by atoms with Gasteiger partial charge in [0.2, 0.25) is 5.95 Å². The quantitative estimate of drug-likeness (QED) is 0.942. The van der Waals surface area contributed by atoms with Crippen molar-refractivity contribution in [2.45, 2.75) is 13.5 Å². The monoisotopic (exact) mass is 296 g/mol. The Morgan fingerprint density at radius 3 is 2.94 bits per heavy atom. The minimum absolute atomic E-state index is 0.263. The van der Waals surface area contributed by atoms with Crippen LogP contribution in [-0.4, -0.2) is 17.0 Å². The fourth-order valence-corrected chi connectivity index (χ4v) is 2.04. The maximum Gasteiger partial charge on any atom is 0.222 e. The summed E-state index contributed by atoms with van der Waals surface area (Å²) >= 11 is 3.41. The molecule has 90 valence electrons. The van der Waals surface area contributed by atoms with Crippen molar-refractivity contribution in [3.63, 3.8) is 0 Å². The lowest BCUT2D eigenvalue weighted by atomic mass is 10.2. The molecular weight excluding hydrogens is 284 g/mol. The molecule has 2 aromatic rings. The van der Waals surface area contributed by atoms with Crippen molar-refractivity contribution in [3.8, 4) is 0 Å². The topological polar surface area (TPSA) is 68.2 Å². The van der Waals surface area contributed by atoms with E-state index in [9.17, 15) is 0 Å². The fourth-order valence-electron chi connectivity index (χ4n) is 1.54. The standard InChI is InChI=1S/C11H13BrN4O/c1-7-8(3-4-17-7)6-16(2)10-9(12)5-14-11(13)15-10/h3-5H,6H2,1-2H3,(H2,13,14,15). The van der Waals surface area contributed by atoms with Crippen LogP contribution in [0.25, 0.3) is 0 Å². The second-order valence-corrected chi connectivity index (χ2v) is 4.61. The Bertz CT molecular complexity index is 526. The third kappa shape index (κ3) is 2.58. The molecule has 0 bridgehead atoms. The number of aryl methyl sites for hydroxylation is 1. The van der Waals surface area contributed by atoms with E-state index in [-0.39, 0.29) is 5.95 Å². The van der Waals surface area contributed by atoms with E-state index >= 15 is 0 Å². The third-order valence-corrected chi connectivity index (χ3v) is 3.04. The average molecular weight is 297 g/mol. The number of nitrogens with zero attached hydrogens (tertiary/aromatic N) is 3. The number of nitrogens with two attached hydrogens (primary N) is 1. The largest absolute Gasteiger partial charge is 0.469 e. The second-order valence-electron chi connectivity index (χ2n) is 3.76. The molecular formula is C11H13BrN4O. The van der Waals surface area contributed by atoms with Crippen molar-refractivity contribution in [2.75, 3.05) is 17.7 Å². The summed E-state index contributed by atoms with van der Waals surface area (Å²) in [6, 6.07) is 1.95. The maximum atomic E-state index is 5.58. The molecule has 0 saturated heterocycles. The number of aromatic nitrogens is 2. The molecule has 6 heteroatoms. The molecule has 2 rings (SSSR count). The fraction of sp³-hybridized carbons (Fsp3) is 0.273. The SMILES string of the molecule is Cc1occc1CN(C)c1nc(N)ncc1Br. The van der Waals surface area contributed by atoms with Crippen molar-refractivity contribution in [1.29, 1.82) is 0 Å². The van der Waals surface area contributed by atoms with E-state index in [1.54, 1.807) is 12.5 Å². The first-order valence-electron chi connectivity index (χ1n) is 5.10. The molecule has 0 saturated carbocycles. The van der Waals surface area contributed by atoms with Gasteiger partial charge in [0.1, 0.15) is 11.6 Å². The van der Waals surface area contributed by atoms with E-state index in [0.717, 1.165) is 21.6 Å². The lowest BCUT2D eigenvalue weighted by molar-refractivity contribution is 0.529. The van der Waals surface area contributed by atoms with E-state index in [2.05, 4.69) is 25.9 Å². The summed E-state index contributed by atoms with van der Waals surface area (Å²) in [5.74, 6) is 1.94. The molecule has 2 aromatic heterocycles. The van der Waals surface area contributed by atoms with E-state index in [4.69, 9.17) is 10.2 Å². The van der Waals surface area contributed by atoms with Crippen LogP contribution >= 0.6 is 15.9 Å². The summed E-state index contributed by atoms with van der Waals surface area (Å²) in [5.41, 5.74) is 6.70. The van der Waals surface area contributed by atoms with Crippen LogP contribution in [0.5, 0.6) is 0 Å². The van der Waals surface area contributed by atoms with Crippen molar-refractivity contribution < 1.29 is 4.42 Å². The summed E-state index contributed by atoms with van der Waals surface area (Å²) < 4.78 is 6.07. The summed E-state index contributed by atoms with van der Waals surface area (Å²) in [4.78, 5) is 10.1. The number of furan rings is 1. The van der Waals surface area contributed by atoms with Gasteiger partial charge in [0.25, 0.3) is 0 Å². The predicted molar refractivity (Wildman–Crippen MR) is 69.7 cm³/mol. The summed E-state index contributed by atoms with van der Waals surface area (Å²) in [7, 11) is 1.94. The van der Waals surface area contributed by atoms with Crippen LogP contribution in [0, 0.1) is 6.92 Å². The molecule has 0 aliphatic rings. The van der Waals surface area contributed by atoms with Gasteiger partial charge in [-0.1, -0.05) is 0 Å². The van der Waals surface area contributed by atoms with Gasteiger partial charge in [0, 0.05) is 25.4 Å². The van der Waals surface area contributed by atoms with Crippen LogP contribution in [0.2, 0.25) is 0 Å². The van der Waals surface area contributed by atoms with E-state index in [0.29, 0.717) is 6.54 Å². The van der Waals surface area contributed by atoms with E-state index in [1.807, 2.05) is 24.9 Å². The summed E-state index contributed by atoms with van der Waals surface area (Å²) in [6.45, 7) is 2.64. The Balaban J connectivity index is 2.23. The van der Waals surface area contributed by atoms with Crippen LogP contribution in [-0.2, 0) is 6.54 Å². The number of hydrogen-bond donors (Lipinski definition) is 1. The van der Waals surface area contributed by atoms with Crippen LogP contribution in [0.15, 0.2) is 27.4 Å². The van der Waals surface area contributed by atoms with Gasteiger partial charge in [-0.2, -0.15) is 4.98 Å². The highest BCUT2D eigenvalue weighted by molar-refractivity contribution is 9.10. The summed E-state index contributed by atoms with van der Waals surface area (Å²) in [5, 5.41) is 0. The van der Waals surface area contributed by atoms with E-state index < -0.39 is 0 Å². The minimum Gasteiger partial charge on any atom is -0.469 e. The van der Waals surface area contributed by atoms with Gasteiger partial charge < -0.3 is 15.1 Å². The molecule has 0 atom stereocenters. The van der Waals surface area contributed by atoms with Crippen LogP contribution in [0.3, 0.4) is 0 Å². The second kappa shape index (κ2) is 4.75. The highest BCUT2D eigenvalue weighted by Gasteiger charge is 2.11. The molecule has 2 N–H and O–H groups in total. The van der Waals surface area contributed by atoms with E-state index in [1.165, 1.54) is 0 Å². The Hall–Kier alpha value is -1.56. The molecule has 2 heterocycles. The molecule has 0 amide bonds. The maximum absolute atomic E-state index is 5.58. The zero-order chi connectivity index (χ0) is 12.4. The normalized spacial score (nSPS) is 10.5. The number of rotatable bonds is 3. The molecule has 0 radical (unpaired) electrons. The number of anilines is 2. The zero-order valence-electron chi connectivity index (χ0n) is 9.64. The Kier molecular flexibility index (Phi) is 3.33. The van der Waals surface area contributed by atoms with Crippen LogP contribution in [0.1, 0.15) is 11.3 Å². The highest BCUT2D eigenvalue weighted by atomic mass is 79.9. The Morgan fingerprint density at radius 1 is 1.53 bits per heavy atom. The van der Waals surface area contributed by atoms with Gasteiger partial charge >= 0.3 is 0 Å². The molecule has 17 heavy (non-hydrogen) atoms. The lowest BCUT2D eigenvalue weighted by Crippen LogP contribution is -2.19. The zero-order valence-corrected chi connectivity index (χ0v) is 11.2. The molecule has 0 aliphatic carbocycles. The average Bonchev–Trinajstić information content (AvgIpc) is 2.68. The molecule has 5 nitrogen and oxygen atoms in total. The van der Waals surface area contributed by atoms with Gasteiger partial charge in [0.15, 0.2) is 0 Å². The van der Waals surface area contributed by atoms with Crippen molar-refractivity contribution in [2.24, 2.45) is 0 Å². The van der Waals surface area contributed by atoms with Crippen molar-refractivity contribution >= 4 is 27.7 Å². The number of nitrogen functional groups attached to an aromatic ring is 1. The molecule has 0 unspecified atom stereocenters. The predicted octanol–water partition coefficient (Wildman–Crippen LogP) is 2.36. The van der Waals surface area contributed by atoms with Gasteiger partial charge in [-0.25, -0.2) is 4.98 Å². The Labute approximate surface area is 108 Å². The summed E-state index contributed by atoms with van der Waals surface area (Å²) in [6.07, 6.45) is 3.33. The highest BCUT2D eigenvalue weighted by Crippen LogP contribution is 2.24. The van der Waals surface area contributed by atoms with Gasteiger partial charge in [-0.15, -0.1) is 0 Å². The number of hydrogen-bond acceptors (Lipinski definition) is 5. The van der Waals surface area contributed by atoms with Gasteiger partial charge in [0.05, 0.1) is 10.7 Å². The molecule has 0 aromatic carbocycles. The first kappa shape index (κ1) is 11.9. The van der Waals surface area contributed by atoms with Crippen molar-refractivity contribution in [3.05, 3.63) is 34.3 Å². The Morgan fingerprint density at radius 2 is 2.29 bits per heavy atom. The van der Waals surface area contributed by atoms with Gasteiger partial charge in [-0.3, -0.25) is 0 Å². The molecule has 0 spiro atoms.